The maximum atomic E-state index is 11.0. The summed E-state index contributed by atoms with van der Waals surface area (Å²) in [6.45, 7) is 5.32. The molecule has 4 heteroatoms. The van der Waals surface area contributed by atoms with Gasteiger partial charge in [0.1, 0.15) is 5.82 Å². The summed E-state index contributed by atoms with van der Waals surface area (Å²) < 4.78 is 2.29. The first kappa shape index (κ1) is 17.0. The Morgan fingerprint density at radius 3 is 2.48 bits per heavy atom. The summed E-state index contributed by atoms with van der Waals surface area (Å²) in [5.74, 6) is 2.27. The van der Waals surface area contributed by atoms with Gasteiger partial charge < -0.3 is 9.67 Å². The summed E-state index contributed by atoms with van der Waals surface area (Å²) >= 11 is 0. The Kier molecular flexibility index (Phi) is 4.25. The molecule has 1 aliphatic carbocycles. The number of aliphatic hydroxyl groups excluding tert-OH is 1. The van der Waals surface area contributed by atoms with Crippen LogP contribution in [0.3, 0.4) is 0 Å². The van der Waals surface area contributed by atoms with Crippen LogP contribution in [0, 0.1) is 18.8 Å². The van der Waals surface area contributed by atoms with Gasteiger partial charge in [-0.15, -0.1) is 0 Å². The smallest absolute Gasteiger partial charge is 0.107 e. The maximum absolute atomic E-state index is 11.0. The number of para-hydroxylation sites is 2. The molecule has 4 nitrogen and oxygen atoms in total. The Morgan fingerprint density at radius 1 is 0.963 bits per heavy atom. The molecular formula is C23H27N3O. The molecule has 3 aromatic rings. The van der Waals surface area contributed by atoms with Gasteiger partial charge in [0.05, 0.1) is 23.2 Å². The number of benzene rings is 2. The van der Waals surface area contributed by atoms with Gasteiger partial charge >= 0.3 is 0 Å². The van der Waals surface area contributed by atoms with Crippen molar-refractivity contribution in [2.24, 2.45) is 11.8 Å². The van der Waals surface area contributed by atoms with E-state index in [4.69, 9.17) is 4.98 Å². The number of aromatic nitrogens is 2. The molecule has 2 aromatic carbocycles. The number of hydrogen-bond donors (Lipinski definition) is 1. The second kappa shape index (κ2) is 6.77. The lowest BCUT2D eigenvalue weighted by Crippen LogP contribution is -2.36. The molecule has 1 N–H and O–H groups in total. The minimum Gasteiger partial charge on any atom is -0.391 e. The summed E-state index contributed by atoms with van der Waals surface area (Å²) in [5.41, 5.74) is 3.56. The van der Waals surface area contributed by atoms with Gasteiger partial charge in [0.2, 0.25) is 0 Å². The van der Waals surface area contributed by atoms with E-state index in [1.54, 1.807) is 0 Å². The third-order valence-electron chi connectivity index (χ3n) is 6.54. The molecular weight excluding hydrogens is 334 g/mol. The lowest BCUT2D eigenvalue weighted by atomic mass is 9.77. The normalized spacial score (nSPS) is 28.5. The van der Waals surface area contributed by atoms with Crippen LogP contribution in [-0.4, -0.2) is 38.8 Å². The predicted octanol–water partition coefficient (Wildman–Crippen LogP) is 3.79. The molecule has 0 radical (unpaired) electrons. The van der Waals surface area contributed by atoms with E-state index in [2.05, 4.69) is 64.9 Å². The molecule has 1 aliphatic heterocycles. The molecule has 1 saturated carbocycles. The Labute approximate surface area is 160 Å². The number of aryl methyl sites for hydroxylation is 1. The highest BCUT2D eigenvalue weighted by molar-refractivity contribution is 5.76. The molecule has 0 amide bonds. The van der Waals surface area contributed by atoms with Crippen molar-refractivity contribution in [3.8, 4) is 0 Å². The van der Waals surface area contributed by atoms with E-state index >= 15 is 0 Å². The van der Waals surface area contributed by atoms with Crippen LogP contribution in [0.15, 0.2) is 54.6 Å². The fraction of sp³-hybridized carbons (Fsp3) is 0.435. The zero-order chi connectivity index (χ0) is 18.4. The molecule has 1 aromatic heterocycles. The number of nitrogens with zero attached hydrogens (tertiary/aromatic N) is 3. The average molecular weight is 361 g/mol. The van der Waals surface area contributed by atoms with Crippen LogP contribution in [0.1, 0.15) is 30.3 Å². The third-order valence-corrected chi connectivity index (χ3v) is 6.54. The number of rotatable bonds is 3. The van der Waals surface area contributed by atoms with Crippen LogP contribution in [0.4, 0.5) is 0 Å². The lowest BCUT2D eigenvalue weighted by molar-refractivity contribution is 0.0366. The monoisotopic (exact) mass is 361 g/mol. The Balaban J connectivity index is 1.37. The lowest BCUT2D eigenvalue weighted by Gasteiger charge is -2.36. The van der Waals surface area contributed by atoms with Crippen molar-refractivity contribution in [3.05, 3.63) is 66.0 Å². The third kappa shape index (κ3) is 3.07. The van der Waals surface area contributed by atoms with E-state index in [1.165, 1.54) is 5.56 Å². The van der Waals surface area contributed by atoms with Crippen LogP contribution < -0.4 is 0 Å². The number of likely N-dealkylation sites (tertiary alicyclic amines) is 1. The van der Waals surface area contributed by atoms with E-state index in [-0.39, 0.29) is 12.1 Å². The van der Waals surface area contributed by atoms with Crippen LogP contribution in [0.5, 0.6) is 0 Å². The van der Waals surface area contributed by atoms with Gasteiger partial charge in [0, 0.05) is 19.6 Å². The fourth-order valence-corrected chi connectivity index (χ4v) is 5.34. The van der Waals surface area contributed by atoms with E-state index in [1.807, 2.05) is 6.07 Å². The number of hydrogen-bond acceptors (Lipinski definition) is 3. The van der Waals surface area contributed by atoms with Gasteiger partial charge in [0.15, 0.2) is 0 Å². The minimum absolute atomic E-state index is 0.135. The van der Waals surface area contributed by atoms with Crippen LogP contribution in [0.2, 0.25) is 0 Å². The van der Waals surface area contributed by atoms with E-state index in [0.717, 1.165) is 49.3 Å². The number of aliphatic hydroxyl groups is 1. The second-order valence-corrected chi connectivity index (χ2v) is 8.32. The highest BCUT2D eigenvalue weighted by atomic mass is 16.3. The predicted molar refractivity (Wildman–Crippen MR) is 107 cm³/mol. The highest BCUT2D eigenvalue weighted by Gasteiger charge is 2.42. The first-order valence-corrected chi connectivity index (χ1v) is 10.1. The van der Waals surface area contributed by atoms with Gasteiger partial charge in [-0.05, 0) is 49.3 Å². The van der Waals surface area contributed by atoms with Gasteiger partial charge in [0.25, 0.3) is 0 Å². The summed E-state index contributed by atoms with van der Waals surface area (Å²) in [7, 11) is 0. The van der Waals surface area contributed by atoms with Crippen molar-refractivity contribution >= 4 is 11.0 Å². The molecule has 2 fully saturated rings. The highest BCUT2D eigenvalue weighted by Crippen LogP contribution is 2.43. The molecule has 27 heavy (non-hydrogen) atoms. The topological polar surface area (TPSA) is 41.3 Å². The summed E-state index contributed by atoms with van der Waals surface area (Å²) in [6.07, 6.45) is 1.64. The molecule has 2 aliphatic rings. The molecule has 1 saturated heterocycles. The zero-order valence-electron chi connectivity index (χ0n) is 15.8. The van der Waals surface area contributed by atoms with Crippen LogP contribution in [0.25, 0.3) is 11.0 Å². The molecule has 5 rings (SSSR count). The number of imidazole rings is 1. The molecule has 0 unspecified atom stereocenters. The first-order chi connectivity index (χ1) is 13.2. The van der Waals surface area contributed by atoms with Crippen molar-refractivity contribution in [3.63, 3.8) is 0 Å². The molecule has 0 spiro atoms. The Hall–Kier alpha value is -2.17. The van der Waals surface area contributed by atoms with Crippen molar-refractivity contribution < 1.29 is 5.11 Å². The maximum Gasteiger partial charge on any atom is 0.107 e. The summed E-state index contributed by atoms with van der Waals surface area (Å²) in [5, 5.41) is 11.0. The molecule has 4 atom stereocenters. The van der Waals surface area contributed by atoms with Crippen molar-refractivity contribution in [1.29, 1.82) is 0 Å². The van der Waals surface area contributed by atoms with E-state index in [0.29, 0.717) is 11.8 Å². The molecule has 2 heterocycles. The van der Waals surface area contributed by atoms with Gasteiger partial charge in [-0.2, -0.15) is 0 Å². The fourth-order valence-electron chi connectivity index (χ4n) is 5.34. The standard InChI is InChI=1S/C23H27N3O/c1-16-24-20-9-5-6-10-21(20)26(16)22-11-18-14-25(15-19(18)12-23(22)27)13-17-7-3-2-4-8-17/h2-10,18-19,22-23,27H,11-15H2,1H3/t18-,19+,22-,23-/m0/s1. The first-order valence-electron chi connectivity index (χ1n) is 10.1. The summed E-state index contributed by atoms with van der Waals surface area (Å²) in [6, 6.07) is 19.2. The average Bonchev–Trinajstić information content (AvgIpc) is 3.20. The van der Waals surface area contributed by atoms with E-state index < -0.39 is 0 Å². The van der Waals surface area contributed by atoms with Gasteiger partial charge in [-0.3, -0.25) is 4.90 Å². The van der Waals surface area contributed by atoms with E-state index in [9.17, 15) is 5.11 Å². The second-order valence-electron chi connectivity index (χ2n) is 8.32. The van der Waals surface area contributed by atoms with Gasteiger partial charge in [-0.1, -0.05) is 42.5 Å². The minimum atomic E-state index is -0.292. The van der Waals surface area contributed by atoms with Crippen LogP contribution in [-0.2, 0) is 6.54 Å². The van der Waals surface area contributed by atoms with Crippen molar-refractivity contribution in [1.82, 2.24) is 14.5 Å². The van der Waals surface area contributed by atoms with Gasteiger partial charge in [-0.25, -0.2) is 4.98 Å². The Morgan fingerprint density at radius 2 is 1.67 bits per heavy atom. The zero-order valence-corrected chi connectivity index (χ0v) is 15.8. The molecule has 0 bridgehead atoms. The molecule has 140 valence electrons. The quantitative estimate of drug-likeness (QED) is 0.772. The Bertz CT molecular complexity index is 935. The summed E-state index contributed by atoms with van der Waals surface area (Å²) in [4.78, 5) is 7.29. The SMILES string of the molecule is Cc1nc2ccccc2n1[C@H]1C[C@H]2CN(Cc3ccccc3)C[C@H]2C[C@@H]1O. The largest absolute Gasteiger partial charge is 0.391 e. The van der Waals surface area contributed by atoms with Crippen molar-refractivity contribution in [2.75, 3.05) is 13.1 Å². The van der Waals surface area contributed by atoms with Crippen LogP contribution >= 0.6 is 0 Å². The number of fused-ring (bicyclic) bond motifs is 2. The van der Waals surface area contributed by atoms with Crippen molar-refractivity contribution in [2.45, 2.75) is 38.5 Å².